The van der Waals surface area contributed by atoms with Crippen molar-refractivity contribution in [3.05, 3.63) is 42.8 Å². The SMILES string of the molecule is [CH2-]c1[c-]cccc1.[Li+].[Li+]. The van der Waals surface area contributed by atoms with Gasteiger partial charge in [0.25, 0.3) is 0 Å². The first-order valence-electron chi connectivity index (χ1n) is 2.18. The zero-order valence-electron chi connectivity index (χ0n) is 6.02. The quantitative estimate of drug-likeness (QED) is 0.230. The molecule has 1 aromatic rings. The van der Waals surface area contributed by atoms with Crippen molar-refractivity contribution in [2.75, 3.05) is 0 Å². The molecule has 1 aromatic carbocycles. The molecule has 0 aliphatic rings. The molecule has 0 saturated carbocycles. The first-order chi connectivity index (χ1) is 3.39. The number of rotatable bonds is 0. The van der Waals surface area contributed by atoms with Gasteiger partial charge in [-0.2, -0.15) is 12.1 Å². The monoisotopic (exact) mass is 104 g/mol. The molecule has 0 unspecified atom stereocenters. The van der Waals surface area contributed by atoms with Gasteiger partial charge >= 0.3 is 37.7 Å². The van der Waals surface area contributed by atoms with Crippen LogP contribution in [0, 0.1) is 13.0 Å². The molecule has 0 aromatic heterocycles. The molecular weight excluding hydrogens is 98.0 g/mol. The number of hydrogen-bond donors (Lipinski definition) is 0. The minimum Gasteiger partial charge on any atom is -0.374 e. The summed E-state index contributed by atoms with van der Waals surface area (Å²) in [6.45, 7) is 3.66. The maximum Gasteiger partial charge on any atom is 1.00 e. The van der Waals surface area contributed by atoms with E-state index < -0.39 is 0 Å². The molecule has 0 heterocycles. The van der Waals surface area contributed by atoms with E-state index in [-0.39, 0.29) is 37.7 Å². The van der Waals surface area contributed by atoms with E-state index in [9.17, 15) is 0 Å². The van der Waals surface area contributed by atoms with Crippen LogP contribution in [0.25, 0.3) is 0 Å². The molecule has 2 heteroatoms. The van der Waals surface area contributed by atoms with Crippen molar-refractivity contribution in [1.29, 1.82) is 0 Å². The summed E-state index contributed by atoms with van der Waals surface area (Å²) >= 11 is 0. The molecule has 0 bridgehead atoms. The Morgan fingerprint density at radius 3 is 2.11 bits per heavy atom. The van der Waals surface area contributed by atoms with Gasteiger partial charge in [-0.15, -0.1) is 6.07 Å². The molecule has 9 heavy (non-hydrogen) atoms. The molecule has 0 atom stereocenters. The van der Waals surface area contributed by atoms with Crippen molar-refractivity contribution < 1.29 is 37.7 Å². The zero-order valence-corrected chi connectivity index (χ0v) is 6.02. The Morgan fingerprint density at radius 1 is 1.22 bits per heavy atom. The van der Waals surface area contributed by atoms with E-state index in [0.717, 1.165) is 5.56 Å². The van der Waals surface area contributed by atoms with E-state index in [1.165, 1.54) is 0 Å². The smallest absolute Gasteiger partial charge is 0.374 e. The van der Waals surface area contributed by atoms with Gasteiger partial charge in [0.15, 0.2) is 0 Å². The van der Waals surface area contributed by atoms with Gasteiger partial charge in [-0.1, -0.05) is 0 Å². The summed E-state index contributed by atoms with van der Waals surface area (Å²) in [6.07, 6.45) is 0. The molecule has 0 aliphatic carbocycles. The largest absolute Gasteiger partial charge is 1.00 e. The molecule has 0 spiro atoms. The van der Waals surface area contributed by atoms with E-state index >= 15 is 0 Å². The van der Waals surface area contributed by atoms with E-state index in [1.54, 1.807) is 0 Å². The third kappa shape index (κ3) is 4.77. The minimum absolute atomic E-state index is 0. The average Bonchev–Trinajstić information content (AvgIpc) is 1.69. The molecule has 0 aliphatic heterocycles. The van der Waals surface area contributed by atoms with Crippen LogP contribution in [0.15, 0.2) is 24.3 Å². The molecule has 36 valence electrons. The topological polar surface area (TPSA) is 0 Å². The molecule has 0 nitrogen and oxygen atoms in total. The van der Waals surface area contributed by atoms with Crippen LogP contribution in [0.2, 0.25) is 0 Å². The second kappa shape index (κ2) is 6.41. The summed E-state index contributed by atoms with van der Waals surface area (Å²) in [6, 6.07) is 10.6. The van der Waals surface area contributed by atoms with Gasteiger partial charge < -0.3 is 18.6 Å². The molecule has 0 fully saturated rings. The summed E-state index contributed by atoms with van der Waals surface area (Å²) in [4.78, 5) is 0. The van der Waals surface area contributed by atoms with Gasteiger partial charge in [-0.25, -0.2) is 0 Å². The summed E-state index contributed by atoms with van der Waals surface area (Å²) in [5, 5.41) is 0. The summed E-state index contributed by atoms with van der Waals surface area (Å²) in [5.74, 6) is 0. The normalized spacial score (nSPS) is 6.67. The van der Waals surface area contributed by atoms with E-state index in [0.29, 0.717) is 0 Å². The fraction of sp³-hybridized carbons (Fsp3) is 0. The van der Waals surface area contributed by atoms with Gasteiger partial charge in [0.1, 0.15) is 0 Å². The standard InChI is InChI=1S/C7H6.2Li/c1-7-5-3-2-4-6-7;;/h2-5H,1H2;;/q-2;2*+1. The van der Waals surface area contributed by atoms with Crippen LogP contribution in [0.5, 0.6) is 0 Å². The predicted octanol–water partition coefficient (Wildman–Crippen LogP) is -4.32. The number of hydrogen-bond acceptors (Lipinski definition) is 0. The fourth-order valence-corrected chi connectivity index (χ4v) is 0.431. The van der Waals surface area contributed by atoms with Crippen LogP contribution in [0.4, 0.5) is 0 Å². The Kier molecular flexibility index (Phi) is 8.55. The Hall–Kier alpha value is 0.285. The van der Waals surface area contributed by atoms with Gasteiger partial charge in [-0.05, 0) is 0 Å². The van der Waals surface area contributed by atoms with Crippen molar-refractivity contribution in [2.45, 2.75) is 0 Å². The zero-order chi connectivity index (χ0) is 5.11. The van der Waals surface area contributed by atoms with Gasteiger partial charge in [0.05, 0.1) is 0 Å². The van der Waals surface area contributed by atoms with E-state index in [2.05, 4.69) is 13.0 Å². The third-order valence-electron chi connectivity index (χ3n) is 0.773. The second-order valence-electron chi connectivity index (χ2n) is 1.39. The third-order valence-corrected chi connectivity index (χ3v) is 0.773. The Labute approximate surface area is 80.4 Å². The Morgan fingerprint density at radius 2 is 1.89 bits per heavy atom. The molecule has 0 N–H and O–H groups in total. The average molecular weight is 104 g/mol. The van der Waals surface area contributed by atoms with Crippen LogP contribution in [0.3, 0.4) is 0 Å². The minimum atomic E-state index is 0. The first kappa shape index (κ1) is 12.0. The van der Waals surface area contributed by atoms with Crippen LogP contribution in [-0.2, 0) is 0 Å². The first-order valence-corrected chi connectivity index (χ1v) is 2.18. The van der Waals surface area contributed by atoms with Crippen LogP contribution in [0.1, 0.15) is 5.56 Å². The Bertz CT molecular complexity index is 137. The molecule has 1 rings (SSSR count). The van der Waals surface area contributed by atoms with Gasteiger partial charge in [0, 0.05) is 0 Å². The maximum absolute atomic E-state index is 3.66. The molecular formula is C7H6Li2. The molecule has 0 saturated heterocycles. The van der Waals surface area contributed by atoms with Crippen molar-refractivity contribution in [2.24, 2.45) is 0 Å². The van der Waals surface area contributed by atoms with Crippen LogP contribution in [-0.4, -0.2) is 0 Å². The van der Waals surface area contributed by atoms with Crippen LogP contribution < -0.4 is 37.7 Å². The van der Waals surface area contributed by atoms with E-state index in [1.807, 2.05) is 24.3 Å². The molecule has 0 amide bonds. The maximum atomic E-state index is 3.66. The van der Waals surface area contributed by atoms with Gasteiger partial charge in [0.2, 0.25) is 0 Å². The second-order valence-corrected chi connectivity index (χ2v) is 1.39. The van der Waals surface area contributed by atoms with Gasteiger partial charge in [-0.3, -0.25) is 6.07 Å². The summed E-state index contributed by atoms with van der Waals surface area (Å²) in [5.41, 5.74) is 0.947. The predicted molar refractivity (Wildman–Crippen MR) is 29.7 cm³/mol. The van der Waals surface area contributed by atoms with Crippen molar-refractivity contribution in [3.8, 4) is 0 Å². The van der Waals surface area contributed by atoms with Crippen molar-refractivity contribution in [3.63, 3.8) is 0 Å². The van der Waals surface area contributed by atoms with Crippen LogP contribution >= 0.6 is 0 Å². The number of benzene rings is 1. The molecule has 0 radical (unpaired) electrons. The summed E-state index contributed by atoms with van der Waals surface area (Å²) in [7, 11) is 0. The van der Waals surface area contributed by atoms with Crippen molar-refractivity contribution in [1.82, 2.24) is 0 Å². The van der Waals surface area contributed by atoms with E-state index in [4.69, 9.17) is 0 Å². The fourth-order valence-electron chi connectivity index (χ4n) is 0.431. The van der Waals surface area contributed by atoms with Crippen molar-refractivity contribution >= 4 is 0 Å². The summed E-state index contributed by atoms with van der Waals surface area (Å²) < 4.78 is 0. The Balaban J connectivity index is 0.